The zero-order valence-electron chi connectivity index (χ0n) is 17.3. The number of amides is 1. The van der Waals surface area contributed by atoms with Gasteiger partial charge in [-0.25, -0.2) is 4.98 Å². The fourth-order valence-electron chi connectivity index (χ4n) is 2.82. The second-order valence-electron chi connectivity index (χ2n) is 7.11. The molecule has 0 spiro atoms. The first-order valence-electron chi connectivity index (χ1n) is 9.78. The number of rotatable bonds is 9. The summed E-state index contributed by atoms with van der Waals surface area (Å²) in [5.41, 5.74) is 3.07. The molecule has 1 aromatic heterocycles. The molecule has 7 heteroatoms. The number of ether oxygens (including phenoxy) is 2. The van der Waals surface area contributed by atoms with Crippen molar-refractivity contribution in [3.8, 4) is 22.8 Å². The van der Waals surface area contributed by atoms with E-state index in [0.29, 0.717) is 30.5 Å². The number of nitrogens with one attached hydrogen (secondary N) is 1. The Hall–Kier alpha value is -2.38. The Bertz CT molecular complexity index is 986. The third kappa shape index (κ3) is 6.06. The van der Waals surface area contributed by atoms with Crippen molar-refractivity contribution in [2.24, 2.45) is 0 Å². The summed E-state index contributed by atoms with van der Waals surface area (Å²) in [6.45, 7) is 4.79. The maximum absolute atomic E-state index is 12.2. The first-order chi connectivity index (χ1) is 14.5. The Labute approximate surface area is 189 Å². The Morgan fingerprint density at radius 3 is 2.63 bits per heavy atom. The fourth-order valence-corrected chi connectivity index (χ4v) is 4.06. The van der Waals surface area contributed by atoms with E-state index in [4.69, 9.17) is 9.47 Å². The van der Waals surface area contributed by atoms with Crippen LogP contribution in [0.1, 0.15) is 38.2 Å². The van der Waals surface area contributed by atoms with Crippen molar-refractivity contribution >= 4 is 38.3 Å². The molecular weight excluding hydrogens is 464 g/mol. The number of halogens is 1. The van der Waals surface area contributed by atoms with E-state index in [-0.39, 0.29) is 5.91 Å². The molecule has 1 N–H and O–H groups in total. The van der Waals surface area contributed by atoms with Gasteiger partial charge in [-0.3, -0.25) is 4.79 Å². The minimum absolute atomic E-state index is 0.0662. The minimum Gasteiger partial charge on any atom is -0.497 e. The van der Waals surface area contributed by atoms with Gasteiger partial charge < -0.3 is 14.8 Å². The fraction of sp³-hybridized carbons (Fsp3) is 0.304. The van der Waals surface area contributed by atoms with Gasteiger partial charge in [-0.05, 0) is 70.2 Å². The topological polar surface area (TPSA) is 60.5 Å². The molecule has 3 aromatic rings. The van der Waals surface area contributed by atoms with E-state index < -0.39 is 0 Å². The Morgan fingerprint density at radius 1 is 1.20 bits per heavy atom. The van der Waals surface area contributed by atoms with Gasteiger partial charge in [0.05, 0.1) is 23.9 Å². The predicted molar refractivity (Wildman–Crippen MR) is 126 cm³/mol. The highest BCUT2D eigenvalue weighted by atomic mass is 79.9. The van der Waals surface area contributed by atoms with Gasteiger partial charge >= 0.3 is 0 Å². The van der Waals surface area contributed by atoms with Crippen LogP contribution in [0.4, 0.5) is 5.13 Å². The van der Waals surface area contributed by atoms with Crippen molar-refractivity contribution in [1.82, 2.24) is 4.98 Å². The molecule has 0 aliphatic heterocycles. The highest BCUT2D eigenvalue weighted by Gasteiger charge is 2.09. The smallest absolute Gasteiger partial charge is 0.226 e. The Balaban J connectivity index is 1.44. The summed E-state index contributed by atoms with van der Waals surface area (Å²) in [6.07, 6.45) is 1.00. The summed E-state index contributed by atoms with van der Waals surface area (Å²) >= 11 is 4.96. The summed E-state index contributed by atoms with van der Waals surface area (Å²) in [5.74, 6) is 2.00. The standard InChI is InChI=1S/C23H25BrN2O3S/c1-15(2)17-8-11-21(19(24)13-17)29-12-4-5-22(27)26-23-25-20(14-30-23)16-6-9-18(28-3)10-7-16/h6-11,13-15H,4-5,12H2,1-3H3,(H,25,26,27). The molecule has 0 radical (unpaired) electrons. The van der Waals surface area contributed by atoms with Crippen molar-refractivity contribution in [3.05, 3.63) is 57.9 Å². The number of hydrogen-bond acceptors (Lipinski definition) is 5. The summed E-state index contributed by atoms with van der Waals surface area (Å²) < 4.78 is 11.9. The van der Waals surface area contributed by atoms with Crippen molar-refractivity contribution in [3.63, 3.8) is 0 Å². The van der Waals surface area contributed by atoms with E-state index in [9.17, 15) is 4.79 Å². The molecule has 2 aromatic carbocycles. The van der Waals surface area contributed by atoms with Crippen LogP contribution >= 0.6 is 27.3 Å². The van der Waals surface area contributed by atoms with Gasteiger partial charge in [0.25, 0.3) is 0 Å². The van der Waals surface area contributed by atoms with E-state index in [1.807, 2.05) is 35.7 Å². The normalized spacial score (nSPS) is 10.8. The molecule has 0 aliphatic carbocycles. The summed E-state index contributed by atoms with van der Waals surface area (Å²) in [7, 11) is 1.64. The van der Waals surface area contributed by atoms with Gasteiger partial charge in [0.1, 0.15) is 11.5 Å². The van der Waals surface area contributed by atoms with Crippen LogP contribution in [0.25, 0.3) is 11.3 Å². The van der Waals surface area contributed by atoms with Gasteiger partial charge in [0.15, 0.2) is 5.13 Å². The average molecular weight is 489 g/mol. The lowest BCUT2D eigenvalue weighted by molar-refractivity contribution is -0.116. The molecule has 0 unspecified atom stereocenters. The molecule has 1 amide bonds. The number of methoxy groups -OCH3 is 1. The van der Waals surface area contributed by atoms with E-state index in [1.54, 1.807) is 7.11 Å². The number of nitrogens with zero attached hydrogens (tertiary/aromatic N) is 1. The predicted octanol–water partition coefficient (Wildman–Crippen LogP) is 6.50. The second kappa shape index (κ2) is 10.6. The molecule has 0 bridgehead atoms. The summed E-state index contributed by atoms with van der Waals surface area (Å²) in [5, 5.41) is 5.39. The molecule has 0 saturated carbocycles. The van der Waals surface area contributed by atoms with Gasteiger partial charge in [0, 0.05) is 17.4 Å². The highest BCUT2D eigenvalue weighted by molar-refractivity contribution is 9.10. The molecule has 1 heterocycles. The highest BCUT2D eigenvalue weighted by Crippen LogP contribution is 2.29. The molecular formula is C23H25BrN2O3S. The zero-order valence-corrected chi connectivity index (χ0v) is 19.7. The van der Waals surface area contributed by atoms with E-state index >= 15 is 0 Å². The SMILES string of the molecule is COc1ccc(-c2csc(NC(=O)CCCOc3ccc(C(C)C)cc3Br)n2)cc1. The first kappa shape index (κ1) is 22.3. The number of thiazole rings is 1. The number of carbonyl (C=O) groups excluding carboxylic acids is 1. The zero-order chi connectivity index (χ0) is 21.5. The van der Waals surface area contributed by atoms with Gasteiger partial charge in [0.2, 0.25) is 5.91 Å². The van der Waals surface area contributed by atoms with E-state index in [0.717, 1.165) is 27.2 Å². The lowest BCUT2D eigenvalue weighted by atomic mass is 10.0. The molecule has 158 valence electrons. The number of carbonyl (C=O) groups is 1. The molecule has 0 aliphatic rings. The van der Waals surface area contributed by atoms with Crippen LogP contribution in [0.3, 0.4) is 0 Å². The largest absolute Gasteiger partial charge is 0.497 e. The van der Waals surface area contributed by atoms with Gasteiger partial charge in [-0.2, -0.15) is 0 Å². The van der Waals surface area contributed by atoms with Crippen molar-refractivity contribution in [2.75, 3.05) is 19.0 Å². The maximum atomic E-state index is 12.2. The van der Waals surface area contributed by atoms with Crippen LogP contribution in [0.5, 0.6) is 11.5 Å². The van der Waals surface area contributed by atoms with Crippen molar-refractivity contribution in [1.29, 1.82) is 0 Å². The quantitative estimate of drug-likeness (QED) is 0.349. The molecule has 0 fully saturated rings. The van der Waals surface area contributed by atoms with E-state index in [1.165, 1.54) is 16.9 Å². The molecule has 3 rings (SSSR count). The number of hydrogen-bond donors (Lipinski definition) is 1. The van der Waals surface area contributed by atoms with Crippen molar-refractivity contribution < 1.29 is 14.3 Å². The van der Waals surface area contributed by atoms with Crippen molar-refractivity contribution in [2.45, 2.75) is 32.6 Å². The first-order valence-corrected chi connectivity index (χ1v) is 11.5. The number of anilines is 1. The minimum atomic E-state index is -0.0662. The Kier molecular flexibility index (Phi) is 7.87. The van der Waals surface area contributed by atoms with Gasteiger partial charge in [-0.15, -0.1) is 11.3 Å². The van der Waals surface area contributed by atoms with Gasteiger partial charge in [-0.1, -0.05) is 19.9 Å². The lowest BCUT2D eigenvalue weighted by Crippen LogP contribution is -2.12. The monoisotopic (exact) mass is 488 g/mol. The van der Waals surface area contributed by atoms with Crippen LogP contribution in [-0.4, -0.2) is 24.6 Å². The molecule has 5 nitrogen and oxygen atoms in total. The van der Waals surface area contributed by atoms with Crippen LogP contribution in [0, 0.1) is 0 Å². The number of aromatic nitrogens is 1. The Morgan fingerprint density at radius 2 is 1.97 bits per heavy atom. The molecule has 0 atom stereocenters. The van der Waals surface area contributed by atoms with Crippen LogP contribution in [-0.2, 0) is 4.79 Å². The maximum Gasteiger partial charge on any atom is 0.226 e. The van der Waals surface area contributed by atoms with Crippen LogP contribution < -0.4 is 14.8 Å². The van der Waals surface area contributed by atoms with Crippen LogP contribution in [0.2, 0.25) is 0 Å². The number of benzene rings is 2. The lowest BCUT2D eigenvalue weighted by Gasteiger charge is -2.11. The second-order valence-corrected chi connectivity index (χ2v) is 8.82. The third-order valence-electron chi connectivity index (χ3n) is 4.56. The third-order valence-corrected chi connectivity index (χ3v) is 5.94. The molecule has 30 heavy (non-hydrogen) atoms. The van der Waals surface area contributed by atoms with Crippen LogP contribution in [0.15, 0.2) is 52.3 Å². The summed E-state index contributed by atoms with van der Waals surface area (Å²) in [6, 6.07) is 13.8. The average Bonchev–Trinajstić information content (AvgIpc) is 3.20. The summed E-state index contributed by atoms with van der Waals surface area (Å²) in [4.78, 5) is 16.7. The molecule has 0 saturated heterocycles. The van der Waals surface area contributed by atoms with E-state index in [2.05, 4.69) is 52.2 Å².